The number of hydrogen-bond acceptors (Lipinski definition) is 0. The van der Waals surface area contributed by atoms with E-state index in [1.807, 2.05) is 0 Å². The van der Waals surface area contributed by atoms with E-state index in [0.717, 1.165) is 0 Å². The average Bonchev–Trinajstić information content (AvgIpc) is 0. The topological polar surface area (TPSA) is 0 Å². The van der Waals surface area contributed by atoms with Crippen molar-refractivity contribution in [3.8, 4) is 0 Å². The van der Waals surface area contributed by atoms with E-state index in [-0.39, 0.29) is 61.0 Å². The summed E-state index contributed by atoms with van der Waals surface area (Å²) in [7, 11) is 0. The summed E-state index contributed by atoms with van der Waals surface area (Å²) in [6, 6.07) is 0. The molecule has 0 radical (unpaired) electrons. The van der Waals surface area contributed by atoms with E-state index in [4.69, 9.17) is 0 Å². The monoisotopic (exact) mass is 212 g/mol. The zero-order valence-electron chi connectivity index (χ0n) is 1.71. The summed E-state index contributed by atoms with van der Waals surface area (Å²) >= 11 is 0. The first kappa shape index (κ1) is 43.3. The van der Waals surface area contributed by atoms with Gasteiger partial charge in [0.25, 0.3) is 0 Å². The Bertz CT molecular complexity index is 8.00. The molecule has 0 aliphatic rings. The van der Waals surface area contributed by atoms with Gasteiger partial charge < -0.3 is 0 Å². The van der Waals surface area contributed by atoms with Crippen LogP contribution >= 0.6 is 13.5 Å². The van der Waals surface area contributed by atoms with Crippen LogP contribution in [-0.2, 0) is 19.5 Å². The molecule has 0 aliphatic carbocycles. The quantitative estimate of drug-likeness (QED) is 0.398. The first-order valence-electron chi connectivity index (χ1n) is 0. The molecule has 0 rings (SSSR count). The Morgan fingerprint density at radius 2 is 1.00 bits per heavy atom. The minimum atomic E-state index is 0. The number of rotatable bonds is 0. The number of hydrogen-bond donors (Lipinski definition) is 0. The molecule has 0 aromatic rings. The van der Waals surface area contributed by atoms with Crippen LogP contribution in [0.1, 0.15) is 0 Å². The molecule has 0 aromatic carbocycles. The Morgan fingerprint density at radius 3 is 1.00 bits per heavy atom. The van der Waals surface area contributed by atoms with Crippen LogP contribution in [0.3, 0.4) is 0 Å². The summed E-state index contributed by atoms with van der Waals surface area (Å²) in [5.41, 5.74) is 0. The normalized spacial score (nSPS) is 0. The van der Waals surface area contributed by atoms with Crippen molar-refractivity contribution in [1.29, 1.82) is 0 Å². The molecule has 0 fully saturated rings. The third kappa shape index (κ3) is 9.32. The van der Waals surface area contributed by atoms with Gasteiger partial charge in [-0.15, -0.1) is 0 Å². The summed E-state index contributed by atoms with van der Waals surface area (Å²) in [4.78, 5) is 0. The smallest absolute Gasteiger partial charge is 0 e. The van der Waals surface area contributed by atoms with Crippen molar-refractivity contribution >= 4 is 41.5 Å². The Morgan fingerprint density at radius 1 is 1.00 bits per heavy atom. The maximum Gasteiger partial charge on any atom is 0 e. The van der Waals surface area contributed by atoms with E-state index in [9.17, 15) is 0 Å². The Kier molecular flexibility index (Phi) is 240. The molecule has 4 heavy (non-hydrogen) atoms. The van der Waals surface area contributed by atoms with Crippen LogP contribution in [0.5, 0.6) is 0 Å². The Labute approximate surface area is 60.8 Å². The molecular weight excluding hydrogens is 205 g/mol. The van der Waals surface area contributed by atoms with Gasteiger partial charge in [0, 0.05) is 19.5 Å². The van der Waals surface area contributed by atoms with Gasteiger partial charge in [0.2, 0.25) is 0 Å². The average molecular weight is 213 g/mol. The minimum Gasteiger partial charge on any atom is -0.0149 e. The first-order valence-corrected chi connectivity index (χ1v) is 0. The van der Waals surface area contributed by atoms with E-state index in [1.54, 1.807) is 0 Å². The van der Waals surface area contributed by atoms with Crippen LogP contribution in [0, 0.1) is 0 Å². The van der Waals surface area contributed by atoms with Gasteiger partial charge in [-0.1, -0.05) is 0 Å². The van der Waals surface area contributed by atoms with E-state index < -0.39 is 0 Å². The summed E-state index contributed by atoms with van der Waals surface area (Å²) in [6.07, 6.45) is 0. The van der Waals surface area contributed by atoms with Crippen molar-refractivity contribution in [1.82, 2.24) is 0 Å². The van der Waals surface area contributed by atoms with E-state index in [0.29, 0.717) is 0 Å². The summed E-state index contributed by atoms with van der Waals surface area (Å²) in [5.74, 6) is 0. The molecule has 4 heteroatoms. The first-order chi connectivity index (χ1) is 0. The fraction of sp³-hybridized carbons (Fsp3) is 0. The van der Waals surface area contributed by atoms with Crippen molar-refractivity contribution in [2.45, 2.75) is 0 Å². The maximum absolute atomic E-state index is 0. The molecule has 0 amide bonds. The maximum atomic E-state index is 0. The van der Waals surface area contributed by atoms with Crippen LogP contribution < -0.4 is 0 Å². The summed E-state index contributed by atoms with van der Waals surface area (Å²) in [6.45, 7) is 0. The van der Waals surface area contributed by atoms with Gasteiger partial charge in [0.05, 0.1) is 0 Å². The van der Waals surface area contributed by atoms with Gasteiger partial charge in [-0.2, -0.15) is 13.5 Å². The van der Waals surface area contributed by atoms with Crippen molar-refractivity contribution in [3.63, 3.8) is 0 Å². The third-order valence-electron chi connectivity index (χ3n) is 0. The third-order valence-corrected chi connectivity index (χ3v) is 0. The van der Waals surface area contributed by atoms with Gasteiger partial charge >= 0.3 is 17.1 Å². The van der Waals surface area contributed by atoms with Gasteiger partial charge in [-0.05, 0) is 11.0 Å². The molecular formula is H8SSeSiZn. The standard InChI is InChI=1S/H2S.H2Se.H4Si.Zn/h2*1H2;1H4;. The SMILES string of the molecule is S.[SeH2].[SiH4].[Zn]. The molecule has 0 aromatic heterocycles. The molecule has 0 atom stereocenters. The van der Waals surface area contributed by atoms with Crippen LogP contribution in [-0.4, -0.2) is 28.0 Å². The minimum absolute atomic E-state index is 0. The largest absolute Gasteiger partial charge is 0.0149 e. The van der Waals surface area contributed by atoms with Gasteiger partial charge in [0.1, 0.15) is 0 Å². The molecule has 0 unspecified atom stereocenters. The molecule has 0 spiro atoms. The van der Waals surface area contributed by atoms with Gasteiger partial charge in [-0.25, -0.2) is 0 Å². The second-order valence-corrected chi connectivity index (χ2v) is 0. The van der Waals surface area contributed by atoms with E-state index in [1.165, 1.54) is 0 Å². The molecule has 0 saturated carbocycles. The molecule has 0 N–H and O–H groups in total. The molecule has 26 valence electrons. The zero-order chi connectivity index (χ0) is 0. The Hall–Kier alpha value is 1.71. The fourth-order valence-corrected chi connectivity index (χ4v) is 0. The van der Waals surface area contributed by atoms with Crippen LogP contribution in [0.2, 0.25) is 0 Å². The van der Waals surface area contributed by atoms with Crippen molar-refractivity contribution in [2.75, 3.05) is 0 Å². The molecule has 0 aliphatic heterocycles. The predicted molar refractivity (Wildman–Crippen MR) is 30.3 cm³/mol. The summed E-state index contributed by atoms with van der Waals surface area (Å²) < 4.78 is 0. The Balaban J connectivity index is 0. The van der Waals surface area contributed by atoms with Crippen molar-refractivity contribution in [2.24, 2.45) is 0 Å². The van der Waals surface area contributed by atoms with Gasteiger partial charge in [-0.3, -0.25) is 0 Å². The van der Waals surface area contributed by atoms with Gasteiger partial charge in [0.15, 0.2) is 0 Å². The van der Waals surface area contributed by atoms with Crippen molar-refractivity contribution < 1.29 is 19.5 Å². The predicted octanol–water partition coefficient (Wildman–Crippen LogP) is -2.26. The zero-order valence-corrected chi connectivity index (χ0v) is 7.77. The second-order valence-electron chi connectivity index (χ2n) is 0. The van der Waals surface area contributed by atoms with Crippen LogP contribution in [0.4, 0.5) is 0 Å². The molecule has 0 bridgehead atoms. The van der Waals surface area contributed by atoms with Crippen LogP contribution in [0.15, 0.2) is 0 Å². The van der Waals surface area contributed by atoms with E-state index >= 15 is 0 Å². The van der Waals surface area contributed by atoms with E-state index in [2.05, 4.69) is 0 Å². The van der Waals surface area contributed by atoms with Crippen LogP contribution in [0.25, 0.3) is 0 Å². The molecule has 0 saturated heterocycles. The second kappa shape index (κ2) is 22.2. The molecule has 0 nitrogen and oxygen atoms in total. The molecule has 0 heterocycles. The van der Waals surface area contributed by atoms with Crippen molar-refractivity contribution in [3.05, 3.63) is 0 Å². The summed E-state index contributed by atoms with van der Waals surface area (Å²) in [5, 5.41) is 0. The fourth-order valence-electron chi connectivity index (χ4n) is 0.